The van der Waals surface area contributed by atoms with E-state index in [-0.39, 0.29) is 0 Å². The number of anilines is 2. The summed E-state index contributed by atoms with van der Waals surface area (Å²) < 4.78 is 0. The molecule has 0 atom stereocenters. The minimum absolute atomic E-state index is 0.474. The number of H-pyrrole nitrogens is 1. The molecule has 0 amide bonds. The maximum absolute atomic E-state index is 5.72. The summed E-state index contributed by atoms with van der Waals surface area (Å²) in [5.41, 5.74) is 8.40. The topological polar surface area (TPSA) is 79.6 Å². The molecule has 2 heterocycles. The third kappa shape index (κ3) is 1.18. The lowest BCUT2D eigenvalue weighted by Gasteiger charge is -1.99. The largest absolute Gasteiger partial charge is 0.382 e. The fraction of sp³-hybridized carbons (Fsp3) is 0.250. The lowest BCUT2D eigenvalue weighted by molar-refractivity contribution is 1.20. The molecule has 0 radical (unpaired) electrons. The maximum atomic E-state index is 5.72. The second kappa shape index (κ2) is 2.62. The molecule has 13 heavy (non-hydrogen) atoms. The van der Waals surface area contributed by atoms with Gasteiger partial charge in [-0.15, -0.1) is 0 Å². The second-order valence-electron chi connectivity index (χ2n) is 2.90. The van der Waals surface area contributed by atoms with E-state index >= 15 is 0 Å². The number of aromatic nitrogens is 3. The van der Waals surface area contributed by atoms with E-state index < -0.39 is 0 Å². The molecule has 0 aliphatic carbocycles. The van der Waals surface area contributed by atoms with Crippen LogP contribution in [0, 0.1) is 6.92 Å². The standard InChI is InChI=1S/C8H11N5/c1-4-3-5-6(11-4)7(9)13-8(10-2)12-5/h3,11H,1-2H3,(H3,9,10,12,13). The van der Waals surface area contributed by atoms with E-state index in [1.165, 1.54) is 0 Å². The number of hydrogen-bond acceptors (Lipinski definition) is 4. The van der Waals surface area contributed by atoms with Gasteiger partial charge in [0.1, 0.15) is 5.52 Å². The first-order valence-electron chi connectivity index (χ1n) is 4.01. The molecule has 0 bridgehead atoms. The lowest BCUT2D eigenvalue weighted by Crippen LogP contribution is -2.00. The maximum Gasteiger partial charge on any atom is 0.225 e. The quantitative estimate of drug-likeness (QED) is 0.604. The Balaban J connectivity index is 2.75. The van der Waals surface area contributed by atoms with Gasteiger partial charge in [0.15, 0.2) is 5.82 Å². The molecule has 0 aromatic carbocycles. The Labute approximate surface area is 75.4 Å². The van der Waals surface area contributed by atoms with Gasteiger partial charge in [0.25, 0.3) is 0 Å². The molecule has 2 aromatic rings. The molecular formula is C8H11N5. The van der Waals surface area contributed by atoms with E-state index in [9.17, 15) is 0 Å². The first-order valence-corrected chi connectivity index (χ1v) is 4.01. The molecule has 0 spiro atoms. The van der Waals surface area contributed by atoms with Crippen LogP contribution in [0.3, 0.4) is 0 Å². The molecule has 2 rings (SSSR count). The number of nitrogens with two attached hydrogens (primary N) is 1. The van der Waals surface area contributed by atoms with Crippen molar-refractivity contribution in [2.75, 3.05) is 18.1 Å². The Hall–Kier alpha value is -1.78. The lowest BCUT2D eigenvalue weighted by atomic mass is 10.4. The Bertz CT molecular complexity index is 445. The fourth-order valence-electron chi connectivity index (χ4n) is 1.28. The van der Waals surface area contributed by atoms with Crippen LogP contribution in [0.5, 0.6) is 0 Å². The number of nitrogens with zero attached hydrogens (tertiary/aromatic N) is 2. The molecule has 0 aliphatic heterocycles. The molecular weight excluding hydrogens is 166 g/mol. The third-order valence-corrected chi connectivity index (χ3v) is 1.86. The van der Waals surface area contributed by atoms with Crippen LogP contribution in [-0.4, -0.2) is 22.0 Å². The van der Waals surface area contributed by atoms with Gasteiger partial charge in [-0.3, -0.25) is 0 Å². The van der Waals surface area contributed by atoms with Crippen LogP contribution in [0.15, 0.2) is 6.07 Å². The van der Waals surface area contributed by atoms with E-state index in [1.54, 1.807) is 7.05 Å². The summed E-state index contributed by atoms with van der Waals surface area (Å²) in [6.07, 6.45) is 0. The number of rotatable bonds is 1. The molecule has 2 aromatic heterocycles. The van der Waals surface area contributed by atoms with Crippen LogP contribution < -0.4 is 11.1 Å². The summed E-state index contributed by atoms with van der Waals surface area (Å²) in [5, 5.41) is 2.85. The molecule has 4 N–H and O–H groups in total. The number of aryl methyl sites for hydroxylation is 1. The average molecular weight is 177 g/mol. The fourth-order valence-corrected chi connectivity index (χ4v) is 1.28. The number of hydrogen-bond donors (Lipinski definition) is 3. The van der Waals surface area contributed by atoms with Gasteiger partial charge in [0.05, 0.1) is 5.52 Å². The van der Waals surface area contributed by atoms with Crippen molar-refractivity contribution in [3.05, 3.63) is 11.8 Å². The minimum Gasteiger partial charge on any atom is -0.382 e. The van der Waals surface area contributed by atoms with Crippen molar-refractivity contribution in [1.82, 2.24) is 15.0 Å². The van der Waals surface area contributed by atoms with Crippen LogP contribution in [-0.2, 0) is 0 Å². The average Bonchev–Trinajstić information content (AvgIpc) is 2.46. The highest BCUT2D eigenvalue weighted by molar-refractivity contribution is 5.86. The summed E-state index contributed by atoms with van der Waals surface area (Å²) in [6, 6.07) is 1.94. The summed E-state index contributed by atoms with van der Waals surface area (Å²) >= 11 is 0. The van der Waals surface area contributed by atoms with Crippen LogP contribution in [0.1, 0.15) is 5.69 Å². The monoisotopic (exact) mass is 177 g/mol. The van der Waals surface area contributed by atoms with Crippen LogP contribution in [0.4, 0.5) is 11.8 Å². The van der Waals surface area contributed by atoms with Crippen molar-refractivity contribution >= 4 is 22.8 Å². The highest BCUT2D eigenvalue weighted by atomic mass is 15.1. The Morgan fingerprint density at radius 3 is 2.92 bits per heavy atom. The first-order chi connectivity index (χ1) is 6.20. The first kappa shape index (κ1) is 7.85. The Morgan fingerprint density at radius 1 is 1.46 bits per heavy atom. The predicted octanol–water partition coefficient (Wildman–Crippen LogP) is 0.890. The van der Waals surface area contributed by atoms with Gasteiger partial charge in [-0.2, -0.15) is 4.98 Å². The number of aromatic amines is 1. The van der Waals surface area contributed by atoms with E-state index in [1.807, 2.05) is 13.0 Å². The SMILES string of the molecule is CNc1nc(N)c2[nH]c(C)cc2n1. The zero-order valence-corrected chi connectivity index (χ0v) is 7.55. The highest BCUT2D eigenvalue weighted by Crippen LogP contribution is 2.19. The van der Waals surface area contributed by atoms with Gasteiger partial charge < -0.3 is 16.0 Å². The van der Waals surface area contributed by atoms with Crippen LogP contribution in [0.2, 0.25) is 0 Å². The number of nitrogen functional groups attached to an aromatic ring is 1. The minimum atomic E-state index is 0.474. The van der Waals surface area contributed by atoms with Crippen LogP contribution >= 0.6 is 0 Å². The summed E-state index contributed by atoms with van der Waals surface area (Å²) in [5.74, 6) is 1.02. The van der Waals surface area contributed by atoms with E-state index in [0.29, 0.717) is 11.8 Å². The van der Waals surface area contributed by atoms with Crippen molar-refractivity contribution in [1.29, 1.82) is 0 Å². The molecule has 0 saturated carbocycles. The molecule has 0 fully saturated rings. The zero-order chi connectivity index (χ0) is 9.42. The summed E-state index contributed by atoms with van der Waals surface area (Å²) in [4.78, 5) is 11.4. The third-order valence-electron chi connectivity index (χ3n) is 1.86. The molecule has 0 unspecified atom stereocenters. The molecule has 5 nitrogen and oxygen atoms in total. The van der Waals surface area contributed by atoms with Gasteiger partial charge >= 0.3 is 0 Å². The smallest absolute Gasteiger partial charge is 0.225 e. The van der Waals surface area contributed by atoms with Gasteiger partial charge in [-0.05, 0) is 13.0 Å². The Kier molecular flexibility index (Phi) is 1.58. The van der Waals surface area contributed by atoms with E-state index in [0.717, 1.165) is 16.7 Å². The Morgan fingerprint density at radius 2 is 2.23 bits per heavy atom. The van der Waals surface area contributed by atoms with E-state index in [4.69, 9.17) is 5.73 Å². The molecule has 5 heteroatoms. The normalized spacial score (nSPS) is 10.6. The van der Waals surface area contributed by atoms with Gasteiger partial charge in [0.2, 0.25) is 5.95 Å². The molecule has 0 aliphatic rings. The van der Waals surface area contributed by atoms with Crippen molar-refractivity contribution in [2.24, 2.45) is 0 Å². The van der Waals surface area contributed by atoms with Crippen molar-refractivity contribution < 1.29 is 0 Å². The summed E-state index contributed by atoms with van der Waals surface area (Å²) in [6.45, 7) is 1.96. The number of fused-ring (bicyclic) bond motifs is 1. The van der Waals surface area contributed by atoms with Crippen LogP contribution in [0.25, 0.3) is 11.0 Å². The highest BCUT2D eigenvalue weighted by Gasteiger charge is 2.05. The predicted molar refractivity (Wildman–Crippen MR) is 52.6 cm³/mol. The van der Waals surface area contributed by atoms with Crippen molar-refractivity contribution in [2.45, 2.75) is 6.92 Å². The molecule has 0 saturated heterocycles. The van der Waals surface area contributed by atoms with E-state index in [2.05, 4.69) is 20.3 Å². The summed E-state index contributed by atoms with van der Waals surface area (Å²) in [7, 11) is 1.76. The second-order valence-corrected chi connectivity index (χ2v) is 2.90. The van der Waals surface area contributed by atoms with Gasteiger partial charge in [-0.1, -0.05) is 0 Å². The zero-order valence-electron chi connectivity index (χ0n) is 7.55. The van der Waals surface area contributed by atoms with Gasteiger partial charge in [0, 0.05) is 12.7 Å². The van der Waals surface area contributed by atoms with Crippen molar-refractivity contribution in [3.8, 4) is 0 Å². The molecule has 68 valence electrons. The number of nitrogens with one attached hydrogen (secondary N) is 2. The van der Waals surface area contributed by atoms with Gasteiger partial charge in [-0.25, -0.2) is 4.98 Å². The van der Waals surface area contributed by atoms with Crippen molar-refractivity contribution in [3.63, 3.8) is 0 Å².